The topological polar surface area (TPSA) is 26.0 Å². The van der Waals surface area contributed by atoms with E-state index in [0.29, 0.717) is 0 Å². The van der Waals surface area contributed by atoms with E-state index in [-0.39, 0.29) is 0 Å². The summed E-state index contributed by atoms with van der Waals surface area (Å²) in [6.07, 6.45) is 18.5. The molecular weight excluding hydrogens is 170 g/mol. The quantitative estimate of drug-likeness (QED) is 0.434. The molecule has 0 atom stereocenters. The molecule has 0 aliphatic carbocycles. The molecule has 0 unspecified atom stereocenters. The van der Waals surface area contributed by atoms with Crippen molar-refractivity contribution >= 4 is 0 Å². The molecule has 0 spiro atoms. The van der Waals surface area contributed by atoms with Gasteiger partial charge in [0, 0.05) is 0 Å². The lowest BCUT2D eigenvalue weighted by Crippen LogP contribution is -1.78. The van der Waals surface area contributed by atoms with E-state index in [1.54, 1.807) is 6.20 Å². The van der Waals surface area contributed by atoms with Crippen LogP contribution < -0.4 is 5.73 Å². The van der Waals surface area contributed by atoms with E-state index >= 15 is 0 Å². The maximum Gasteiger partial charge on any atom is -0.00625 e. The first-order valence-corrected chi connectivity index (χ1v) is 5.95. The van der Waals surface area contributed by atoms with E-state index in [9.17, 15) is 0 Å². The molecule has 1 nitrogen and oxygen atoms in total. The van der Waals surface area contributed by atoms with Crippen LogP contribution in [0.1, 0.15) is 58.3 Å². The van der Waals surface area contributed by atoms with E-state index in [4.69, 9.17) is 5.73 Å². The van der Waals surface area contributed by atoms with Crippen LogP contribution in [0.25, 0.3) is 0 Å². The van der Waals surface area contributed by atoms with E-state index in [2.05, 4.69) is 13.0 Å². The summed E-state index contributed by atoms with van der Waals surface area (Å²) in [6, 6.07) is 0. The Morgan fingerprint density at radius 3 is 2.14 bits per heavy atom. The highest BCUT2D eigenvalue weighted by Crippen LogP contribution is 2.08. The Bertz CT molecular complexity index is 147. The van der Waals surface area contributed by atoms with E-state index in [1.165, 1.54) is 51.4 Å². The van der Waals surface area contributed by atoms with Crippen LogP contribution in [-0.4, -0.2) is 0 Å². The second-order valence-corrected chi connectivity index (χ2v) is 3.72. The van der Waals surface area contributed by atoms with Crippen molar-refractivity contribution in [1.82, 2.24) is 0 Å². The minimum Gasteiger partial charge on any atom is -0.405 e. The number of hydrogen-bond donors (Lipinski definition) is 1. The molecule has 14 heavy (non-hydrogen) atoms. The molecule has 1 heteroatoms. The van der Waals surface area contributed by atoms with Crippen molar-refractivity contribution in [3.63, 3.8) is 0 Å². The van der Waals surface area contributed by atoms with Crippen LogP contribution in [-0.2, 0) is 0 Å². The zero-order chi connectivity index (χ0) is 10.5. The van der Waals surface area contributed by atoms with Crippen LogP contribution >= 0.6 is 0 Å². The zero-order valence-electron chi connectivity index (χ0n) is 9.54. The standard InChI is InChI=1S/C13H25N/c1-2-3-4-5-6-7-8-9-10-11-12-13-14/h10-13H,2-9,14H2,1H3. The van der Waals surface area contributed by atoms with Gasteiger partial charge in [0.1, 0.15) is 0 Å². The lowest BCUT2D eigenvalue weighted by Gasteiger charge is -1.98. The van der Waals surface area contributed by atoms with Gasteiger partial charge in [-0.25, -0.2) is 0 Å². The van der Waals surface area contributed by atoms with Gasteiger partial charge in [-0.2, -0.15) is 0 Å². The molecule has 2 N–H and O–H groups in total. The molecule has 0 saturated carbocycles. The first-order valence-electron chi connectivity index (χ1n) is 5.95. The van der Waals surface area contributed by atoms with Gasteiger partial charge in [-0.3, -0.25) is 0 Å². The van der Waals surface area contributed by atoms with E-state index < -0.39 is 0 Å². The molecule has 0 aromatic rings. The first kappa shape index (κ1) is 13.3. The highest BCUT2D eigenvalue weighted by atomic mass is 14.5. The smallest absolute Gasteiger partial charge is 0.00625 e. The number of hydrogen-bond acceptors (Lipinski definition) is 1. The van der Waals surface area contributed by atoms with Gasteiger partial charge in [0.15, 0.2) is 0 Å². The Balaban J connectivity index is 2.98. The molecular formula is C13H25N. The first-order chi connectivity index (χ1) is 6.91. The summed E-state index contributed by atoms with van der Waals surface area (Å²) in [4.78, 5) is 0. The molecule has 0 bridgehead atoms. The van der Waals surface area contributed by atoms with Crippen LogP contribution in [0.3, 0.4) is 0 Å². The molecule has 0 fully saturated rings. The molecule has 0 aliphatic heterocycles. The molecule has 0 aliphatic rings. The fourth-order valence-electron chi connectivity index (χ4n) is 1.46. The third-order valence-electron chi connectivity index (χ3n) is 2.33. The highest BCUT2D eigenvalue weighted by molar-refractivity contribution is 5.00. The van der Waals surface area contributed by atoms with Crippen LogP contribution in [0.2, 0.25) is 0 Å². The van der Waals surface area contributed by atoms with Gasteiger partial charge >= 0.3 is 0 Å². The third-order valence-corrected chi connectivity index (χ3v) is 2.33. The van der Waals surface area contributed by atoms with Gasteiger partial charge in [-0.1, -0.05) is 57.6 Å². The third kappa shape index (κ3) is 11.3. The van der Waals surface area contributed by atoms with E-state index in [1.807, 2.05) is 12.2 Å². The van der Waals surface area contributed by atoms with Crippen LogP contribution in [0, 0.1) is 0 Å². The second-order valence-electron chi connectivity index (χ2n) is 3.72. The fraction of sp³-hybridized carbons (Fsp3) is 0.692. The Hall–Kier alpha value is -0.720. The summed E-state index contributed by atoms with van der Waals surface area (Å²) in [7, 11) is 0. The Labute approximate surface area is 89.1 Å². The van der Waals surface area contributed by atoms with Crippen molar-refractivity contribution in [3.8, 4) is 0 Å². The summed E-state index contributed by atoms with van der Waals surface area (Å²) in [5.74, 6) is 0. The average Bonchev–Trinajstić information content (AvgIpc) is 2.21. The van der Waals surface area contributed by atoms with Crippen LogP contribution in [0.15, 0.2) is 24.4 Å². The Kier molecular flexibility index (Phi) is 11.6. The average molecular weight is 195 g/mol. The highest BCUT2D eigenvalue weighted by Gasteiger charge is 1.88. The van der Waals surface area contributed by atoms with Gasteiger partial charge in [-0.05, 0) is 25.1 Å². The van der Waals surface area contributed by atoms with Gasteiger partial charge in [-0.15, -0.1) is 0 Å². The molecule has 0 rings (SSSR count). The van der Waals surface area contributed by atoms with Gasteiger partial charge < -0.3 is 5.73 Å². The summed E-state index contributed by atoms with van der Waals surface area (Å²) < 4.78 is 0. The fourth-order valence-corrected chi connectivity index (χ4v) is 1.46. The molecule has 0 amide bonds. The van der Waals surface area contributed by atoms with Crippen molar-refractivity contribution in [2.75, 3.05) is 0 Å². The summed E-state index contributed by atoms with van der Waals surface area (Å²) in [5.41, 5.74) is 5.21. The molecule has 0 aromatic heterocycles. The molecule has 0 radical (unpaired) electrons. The minimum atomic E-state index is 1.19. The number of allylic oxidation sites excluding steroid dienone is 3. The molecule has 0 saturated heterocycles. The molecule has 0 aromatic carbocycles. The van der Waals surface area contributed by atoms with Crippen molar-refractivity contribution < 1.29 is 0 Å². The van der Waals surface area contributed by atoms with Crippen molar-refractivity contribution in [2.45, 2.75) is 58.3 Å². The second kappa shape index (κ2) is 12.3. The zero-order valence-corrected chi connectivity index (χ0v) is 9.54. The lowest BCUT2D eigenvalue weighted by molar-refractivity contribution is 0.592. The lowest BCUT2D eigenvalue weighted by atomic mass is 10.1. The van der Waals surface area contributed by atoms with Gasteiger partial charge in [0.05, 0.1) is 0 Å². The van der Waals surface area contributed by atoms with Gasteiger partial charge in [0.2, 0.25) is 0 Å². The maximum atomic E-state index is 5.21. The molecule has 82 valence electrons. The Morgan fingerprint density at radius 2 is 1.50 bits per heavy atom. The maximum absolute atomic E-state index is 5.21. The summed E-state index contributed by atoms with van der Waals surface area (Å²) in [6.45, 7) is 2.26. The summed E-state index contributed by atoms with van der Waals surface area (Å²) in [5, 5.41) is 0. The SMILES string of the molecule is CCCCCCCCCC=CC=CN. The summed E-state index contributed by atoms with van der Waals surface area (Å²) >= 11 is 0. The van der Waals surface area contributed by atoms with Crippen molar-refractivity contribution in [3.05, 3.63) is 24.4 Å². The van der Waals surface area contributed by atoms with Crippen LogP contribution in [0.5, 0.6) is 0 Å². The Morgan fingerprint density at radius 1 is 0.857 bits per heavy atom. The molecule has 0 heterocycles. The normalized spacial score (nSPS) is 11.8. The predicted molar refractivity (Wildman–Crippen MR) is 65.1 cm³/mol. The van der Waals surface area contributed by atoms with Crippen LogP contribution in [0.4, 0.5) is 0 Å². The number of rotatable bonds is 9. The monoisotopic (exact) mass is 195 g/mol. The van der Waals surface area contributed by atoms with Gasteiger partial charge in [0.25, 0.3) is 0 Å². The van der Waals surface area contributed by atoms with Crippen molar-refractivity contribution in [1.29, 1.82) is 0 Å². The number of nitrogens with two attached hydrogens (primary N) is 1. The minimum absolute atomic E-state index is 1.19. The van der Waals surface area contributed by atoms with E-state index in [0.717, 1.165) is 0 Å². The largest absolute Gasteiger partial charge is 0.405 e. The van der Waals surface area contributed by atoms with Crippen molar-refractivity contribution in [2.24, 2.45) is 5.73 Å². The predicted octanol–water partition coefficient (Wildman–Crippen LogP) is 4.16. The number of unbranched alkanes of at least 4 members (excludes halogenated alkanes) is 7.